The summed E-state index contributed by atoms with van der Waals surface area (Å²) in [4.78, 5) is 40.3. The Hall–Kier alpha value is -3.33. The SMILES string of the molecule is COc1ccccc1N1CCN(C(=O)C(NC(=O)c2ccc([N+](=O)[O-])cc2Cl)C(C)C)CC1. The molecule has 0 aliphatic carbocycles. The first-order valence-corrected chi connectivity index (χ1v) is 11.0. The summed E-state index contributed by atoms with van der Waals surface area (Å²) in [5.41, 5.74) is 0.858. The van der Waals surface area contributed by atoms with Gasteiger partial charge in [0.25, 0.3) is 11.6 Å². The second kappa shape index (κ2) is 10.5. The molecular weight excluding hydrogens is 448 g/mol. The minimum Gasteiger partial charge on any atom is -0.495 e. The van der Waals surface area contributed by atoms with E-state index in [1.165, 1.54) is 12.1 Å². The summed E-state index contributed by atoms with van der Waals surface area (Å²) >= 11 is 6.08. The maximum atomic E-state index is 13.2. The van der Waals surface area contributed by atoms with E-state index < -0.39 is 16.9 Å². The maximum absolute atomic E-state index is 13.2. The number of hydrogen-bond acceptors (Lipinski definition) is 6. The summed E-state index contributed by atoms with van der Waals surface area (Å²) < 4.78 is 5.44. The van der Waals surface area contributed by atoms with Crippen molar-refractivity contribution in [3.8, 4) is 5.75 Å². The molecule has 3 rings (SSSR count). The molecule has 0 aromatic heterocycles. The molecule has 1 aliphatic heterocycles. The third-order valence-electron chi connectivity index (χ3n) is 5.64. The van der Waals surface area contributed by atoms with Gasteiger partial charge in [-0.2, -0.15) is 0 Å². The highest BCUT2D eigenvalue weighted by Crippen LogP contribution is 2.28. The first-order valence-electron chi connectivity index (χ1n) is 10.6. The quantitative estimate of drug-likeness (QED) is 0.487. The molecule has 1 atom stereocenters. The molecule has 1 heterocycles. The van der Waals surface area contributed by atoms with Gasteiger partial charge in [-0.1, -0.05) is 37.6 Å². The van der Waals surface area contributed by atoms with E-state index in [-0.39, 0.29) is 28.1 Å². The number of methoxy groups -OCH3 is 1. The van der Waals surface area contributed by atoms with Crippen molar-refractivity contribution in [3.05, 3.63) is 63.2 Å². The fraction of sp³-hybridized carbons (Fsp3) is 0.391. The zero-order chi connectivity index (χ0) is 24.1. The largest absolute Gasteiger partial charge is 0.495 e. The van der Waals surface area contributed by atoms with Crippen LogP contribution in [0.2, 0.25) is 5.02 Å². The molecule has 0 radical (unpaired) electrons. The molecule has 1 N–H and O–H groups in total. The Morgan fingerprint density at radius 2 is 1.79 bits per heavy atom. The predicted molar refractivity (Wildman–Crippen MR) is 126 cm³/mol. The van der Waals surface area contributed by atoms with Crippen LogP contribution in [-0.4, -0.2) is 61.0 Å². The fourth-order valence-corrected chi connectivity index (χ4v) is 4.05. The highest BCUT2D eigenvalue weighted by molar-refractivity contribution is 6.34. The summed E-state index contributed by atoms with van der Waals surface area (Å²) in [6, 6.07) is 10.6. The number of carbonyl (C=O) groups excluding carboxylic acids is 2. The van der Waals surface area contributed by atoms with Crippen LogP contribution in [0, 0.1) is 16.0 Å². The van der Waals surface area contributed by atoms with E-state index in [4.69, 9.17) is 16.3 Å². The highest BCUT2D eigenvalue weighted by Gasteiger charge is 2.32. The fourth-order valence-electron chi connectivity index (χ4n) is 3.79. The molecule has 9 nitrogen and oxygen atoms in total. The molecular formula is C23H27ClN4O5. The minimum absolute atomic E-state index is 0.0397. The van der Waals surface area contributed by atoms with Gasteiger partial charge in [0.2, 0.25) is 5.91 Å². The number of nitro groups is 1. The summed E-state index contributed by atoms with van der Waals surface area (Å²) in [5.74, 6) is -0.0965. The number of anilines is 1. The number of non-ortho nitro benzene ring substituents is 1. The lowest BCUT2D eigenvalue weighted by Crippen LogP contribution is -2.56. The Labute approximate surface area is 197 Å². The molecule has 176 valence electrons. The number of nitrogens with one attached hydrogen (secondary N) is 1. The van der Waals surface area contributed by atoms with Gasteiger partial charge in [0, 0.05) is 38.3 Å². The third kappa shape index (κ3) is 5.54. The zero-order valence-corrected chi connectivity index (χ0v) is 19.5. The molecule has 2 aromatic carbocycles. The zero-order valence-electron chi connectivity index (χ0n) is 18.8. The van der Waals surface area contributed by atoms with Gasteiger partial charge in [-0.05, 0) is 24.1 Å². The van der Waals surface area contributed by atoms with Crippen molar-refractivity contribution in [2.45, 2.75) is 19.9 Å². The van der Waals surface area contributed by atoms with E-state index in [0.29, 0.717) is 26.2 Å². The number of benzene rings is 2. The second-order valence-electron chi connectivity index (χ2n) is 8.10. The number of amides is 2. The first kappa shape index (κ1) is 24.3. The van der Waals surface area contributed by atoms with Crippen LogP contribution >= 0.6 is 11.6 Å². The predicted octanol–water partition coefficient (Wildman–Crippen LogP) is 3.36. The van der Waals surface area contributed by atoms with Gasteiger partial charge in [-0.15, -0.1) is 0 Å². The second-order valence-corrected chi connectivity index (χ2v) is 8.51. The van der Waals surface area contributed by atoms with Gasteiger partial charge in [-0.3, -0.25) is 19.7 Å². The number of ether oxygens (including phenoxy) is 1. The number of hydrogen-bond donors (Lipinski definition) is 1. The number of carbonyl (C=O) groups is 2. The number of piperazine rings is 1. The van der Waals surface area contributed by atoms with E-state index in [1.54, 1.807) is 12.0 Å². The Bertz CT molecular complexity index is 1040. The standard InChI is InChI=1S/C23H27ClN4O5/c1-15(2)21(25-22(29)17-9-8-16(28(31)32)14-18(17)24)23(30)27-12-10-26(11-13-27)19-6-4-5-7-20(19)33-3/h4-9,14-15,21H,10-13H2,1-3H3,(H,25,29). The van der Waals surface area contributed by atoms with Crippen LogP contribution < -0.4 is 15.0 Å². The van der Waals surface area contributed by atoms with Crippen LogP contribution in [0.4, 0.5) is 11.4 Å². The average molecular weight is 475 g/mol. The number of nitro benzene ring substituents is 1. The molecule has 1 fully saturated rings. The summed E-state index contributed by atoms with van der Waals surface area (Å²) in [5, 5.41) is 13.6. The van der Waals surface area contributed by atoms with Crippen LogP contribution in [0.15, 0.2) is 42.5 Å². The molecule has 0 spiro atoms. The van der Waals surface area contributed by atoms with Gasteiger partial charge in [0.15, 0.2) is 0 Å². The van der Waals surface area contributed by atoms with E-state index >= 15 is 0 Å². The molecule has 1 saturated heterocycles. The molecule has 2 amide bonds. The third-order valence-corrected chi connectivity index (χ3v) is 5.96. The van der Waals surface area contributed by atoms with E-state index in [0.717, 1.165) is 17.5 Å². The van der Waals surface area contributed by atoms with Crippen molar-refractivity contribution in [3.63, 3.8) is 0 Å². The van der Waals surface area contributed by atoms with Crippen molar-refractivity contribution in [1.29, 1.82) is 0 Å². The molecule has 10 heteroatoms. The molecule has 0 bridgehead atoms. The van der Waals surface area contributed by atoms with E-state index in [9.17, 15) is 19.7 Å². The Morgan fingerprint density at radius 3 is 2.36 bits per heavy atom. The molecule has 1 unspecified atom stereocenters. The number of para-hydroxylation sites is 2. The summed E-state index contributed by atoms with van der Waals surface area (Å²) in [6.45, 7) is 6.00. The molecule has 0 saturated carbocycles. The monoisotopic (exact) mass is 474 g/mol. The van der Waals surface area contributed by atoms with Crippen LogP contribution in [0.3, 0.4) is 0 Å². The molecule has 33 heavy (non-hydrogen) atoms. The lowest BCUT2D eigenvalue weighted by molar-refractivity contribution is -0.384. The number of rotatable bonds is 7. The van der Waals surface area contributed by atoms with Crippen LogP contribution in [0.25, 0.3) is 0 Å². The number of halogens is 1. The van der Waals surface area contributed by atoms with Gasteiger partial charge >= 0.3 is 0 Å². The van der Waals surface area contributed by atoms with Crippen molar-refractivity contribution in [2.75, 3.05) is 38.2 Å². The first-order chi connectivity index (χ1) is 15.7. The van der Waals surface area contributed by atoms with Crippen molar-refractivity contribution >= 4 is 34.8 Å². The number of nitrogens with zero attached hydrogens (tertiary/aromatic N) is 3. The minimum atomic E-state index is -0.749. The normalized spacial score (nSPS) is 14.7. The van der Waals surface area contributed by atoms with E-state index in [2.05, 4.69) is 10.2 Å². The van der Waals surface area contributed by atoms with Crippen LogP contribution in [0.1, 0.15) is 24.2 Å². The Morgan fingerprint density at radius 1 is 1.12 bits per heavy atom. The van der Waals surface area contributed by atoms with Gasteiger partial charge < -0.3 is 19.9 Å². The van der Waals surface area contributed by atoms with Crippen molar-refractivity contribution in [2.24, 2.45) is 5.92 Å². The van der Waals surface area contributed by atoms with E-state index in [1.807, 2.05) is 38.1 Å². The van der Waals surface area contributed by atoms with Gasteiger partial charge in [0.1, 0.15) is 11.8 Å². The molecule has 1 aliphatic rings. The highest BCUT2D eigenvalue weighted by atomic mass is 35.5. The summed E-state index contributed by atoms with van der Waals surface area (Å²) in [7, 11) is 1.63. The topological polar surface area (TPSA) is 105 Å². The summed E-state index contributed by atoms with van der Waals surface area (Å²) in [6.07, 6.45) is 0. The lowest BCUT2D eigenvalue weighted by atomic mass is 10.0. The maximum Gasteiger partial charge on any atom is 0.270 e. The van der Waals surface area contributed by atoms with Gasteiger partial charge in [0.05, 0.1) is 28.3 Å². The lowest BCUT2D eigenvalue weighted by Gasteiger charge is -2.38. The smallest absolute Gasteiger partial charge is 0.270 e. The Balaban J connectivity index is 1.67. The van der Waals surface area contributed by atoms with Crippen LogP contribution in [0.5, 0.6) is 5.75 Å². The van der Waals surface area contributed by atoms with Crippen LogP contribution in [-0.2, 0) is 4.79 Å². The molecule has 2 aromatic rings. The van der Waals surface area contributed by atoms with Crippen molar-refractivity contribution < 1.29 is 19.2 Å². The average Bonchev–Trinajstić information content (AvgIpc) is 2.81. The van der Waals surface area contributed by atoms with Crippen molar-refractivity contribution in [1.82, 2.24) is 10.2 Å². The Kier molecular flexibility index (Phi) is 7.75. The van der Waals surface area contributed by atoms with Gasteiger partial charge in [-0.25, -0.2) is 0 Å².